The van der Waals surface area contributed by atoms with E-state index in [1.165, 1.54) is 23.5 Å². The van der Waals surface area contributed by atoms with Gasteiger partial charge in [-0.2, -0.15) is 0 Å². The summed E-state index contributed by atoms with van der Waals surface area (Å²) < 4.78 is 28.7. The summed E-state index contributed by atoms with van der Waals surface area (Å²) in [4.78, 5) is 21.7. The normalized spacial score (nSPS) is 21.2. The van der Waals surface area contributed by atoms with Crippen LogP contribution in [0.5, 0.6) is 0 Å². The molecular formula is C21H16F2N4OS. The molecule has 0 spiro atoms. The number of carbonyl (C=O) groups is 1. The fourth-order valence-electron chi connectivity index (χ4n) is 3.79. The highest BCUT2D eigenvalue weighted by atomic mass is 32.1. The molecule has 0 bridgehead atoms. The first kappa shape index (κ1) is 17.9. The van der Waals surface area contributed by atoms with Gasteiger partial charge in [0.1, 0.15) is 17.4 Å². The summed E-state index contributed by atoms with van der Waals surface area (Å²) in [5.74, 6) is -1.55. The van der Waals surface area contributed by atoms with Crippen LogP contribution in [0.2, 0.25) is 0 Å². The summed E-state index contributed by atoms with van der Waals surface area (Å²) in [6.07, 6.45) is 2.96. The largest absolute Gasteiger partial charge is 0.329 e. The minimum Gasteiger partial charge on any atom is -0.329 e. The van der Waals surface area contributed by atoms with Gasteiger partial charge in [-0.3, -0.25) is 4.79 Å². The zero-order valence-electron chi connectivity index (χ0n) is 15.2. The molecule has 0 radical (unpaired) electrons. The fourth-order valence-corrected chi connectivity index (χ4v) is 4.65. The third-order valence-corrected chi connectivity index (χ3v) is 5.98. The SMILES string of the molecule is O=C1CCC=C2NC(Nc3nc4ccccc4s3)=NC(c3cc(F)cc(F)c3)C12. The maximum absolute atomic E-state index is 13.8. The number of thiazole rings is 1. The van der Waals surface area contributed by atoms with Crippen molar-refractivity contribution < 1.29 is 13.6 Å². The van der Waals surface area contributed by atoms with Crippen molar-refractivity contribution in [3.05, 3.63) is 71.4 Å². The van der Waals surface area contributed by atoms with Gasteiger partial charge in [-0.15, -0.1) is 0 Å². The van der Waals surface area contributed by atoms with E-state index in [1.54, 1.807) is 0 Å². The molecule has 2 atom stereocenters. The monoisotopic (exact) mass is 410 g/mol. The van der Waals surface area contributed by atoms with Crippen molar-refractivity contribution in [3.63, 3.8) is 0 Å². The lowest BCUT2D eigenvalue weighted by Gasteiger charge is -2.34. The van der Waals surface area contributed by atoms with Crippen LogP contribution < -0.4 is 10.6 Å². The molecule has 2 unspecified atom stereocenters. The molecular weight excluding hydrogens is 394 g/mol. The molecule has 0 saturated heterocycles. The number of ketones is 1. The first-order valence-electron chi connectivity index (χ1n) is 9.23. The molecule has 8 heteroatoms. The maximum atomic E-state index is 13.8. The zero-order valence-corrected chi connectivity index (χ0v) is 16.0. The molecule has 2 N–H and O–H groups in total. The molecule has 146 valence electrons. The van der Waals surface area contributed by atoms with Crippen molar-refractivity contribution in [1.29, 1.82) is 0 Å². The Hall–Kier alpha value is -3.13. The highest BCUT2D eigenvalue weighted by molar-refractivity contribution is 7.22. The van der Waals surface area contributed by atoms with E-state index in [9.17, 15) is 13.6 Å². The van der Waals surface area contributed by atoms with E-state index in [4.69, 9.17) is 0 Å². The van der Waals surface area contributed by atoms with Crippen LogP contribution in [0.3, 0.4) is 0 Å². The van der Waals surface area contributed by atoms with E-state index in [0.717, 1.165) is 16.3 Å². The summed E-state index contributed by atoms with van der Waals surface area (Å²) >= 11 is 1.47. The Labute approximate surface area is 169 Å². The van der Waals surface area contributed by atoms with Gasteiger partial charge in [0.15, 0.2) is 5.13 Å². The predicted octanol–water partition coefficient (Wildman–Crippen LogP) is 4.55. The number of nitrogens with one attached hydrogen (secondary N) is 2. The van der Waals surface area contributed by atoms with Gasteiger partial charge >= 0.3 is 0 Å². The molecule has 5 rings (SSSR count). The Morgan fingerprint density at radius 3 is 2.72 bits per heavy atom. The zero-order chi connectivity index (χ0) is 20.0. The number of aromatic nitrogens is 1. The van der Waals surface area contributed by atoms with Gasteiger partial charge in [0.25, 0.3) is 0 Å². The third kappa shape index (κ3) is 3.40. The minimum atomic E-state index is -0.711. The Kier molecular flexibility index (Phi) is 4.35. The number of halogens is 2. The molecule has 1 aliphatic carbocycles. The first-order valence-corrected chi connectivity index (χ1v) is 10.0. The van der Waals surface area contributed by atoms with Crippen LogP contribution in [0.1, 0.15) is 24.4 Å². The number of aliphatic imine (C=N–C) groups is 1. The van der Waals surface area contributed by atoms with Gasteiger partial charge in [-0.1, -0.05) is 29.5 Å². The van der Waals surface area contributed by atoms with E-state index >= 15 is 0 Å². The number of nitrogens with zero attached hydrogens (tertiary/aromatic N) is 2. The summed E-state index contributed by atoms with van der Waals surface area (Å²) in [5, 5.41) is 6.96. The number of fused-ring (bicyclic) bond motifs is 2. The lowest BCUT2D eigenvalue weighted by Crippen LogP contribution is -2.43. The molecule has 1 aromatic heterocycles. The van der Waals surface area contributed by atoms with E-state index in [2.05, 4.69) is 20.6 Å². The Balaban J connectivity index is 1.55. The quantitative estimate of drug-likeness (QED) is 0.651. The number of hydrogen-bond donors (Lipinski definition) is 2. The number of hydrogen-bond acceptors (Lipinski definition) is 6. The fraction of sp³-hybridized carbons (Fsp3) is 0.190. The average molecular weight is 410 g/mol. The summed E-state index contributed by atoms with van der Waals surface area (Å²) in [7, 11) is 0. The lowest BCUT2D eigenvalue weighted by molar-refractivity contribution is -0.122. The van der Waals surface area contributed by atoms with Gasteiger partial charge in [-0.05, 0) is 36.2 Å². The molecule has 0 fully saturated rings. The van der Waals surface area contributed by atoms with Crippen LogP contribution in [-0.2, 0) is 4.79 Å². The number of carbonyl (C=O) groups excluding carboxylic acids is 1. The minimum absolute atomic E-state index is 0.00690. The highest BCUT2D eigenvalue weighted by Crippen LogP contribution is 2.38. The number of rotatable bonds is 2. The Bertz CT molecular complexity index is 1130. The number of benzene rings is 2. The van der Waals surface area contributed by atoms with E-state index in [0.29, 0.717) is 35.2 Å². The molecule has 5 nitrogen and oxygen atoms in total. The highest BCUT2D eigenvalue weighted by Gasteiger charge is 2.38. The van der Waals surface area contributed by atoms with Crippen LogP contribution >= 0.6 is 11.3 Å². The maximum Gasteiger partial charge on any atom is 0.202 e. The molecule has 2 aliphatic rings. The van der Waals surface area contributed by atoms with Crippen molar-refractivity contribution in [2.75, 3.05) is 5.32 Å². The molecule has 1 aliphatic heterocycles. The van der Waals surface area contributed by atoms with Crippen molar-refractivity contribution in [2.45, 2.75) is 18.9 Å². The van der Waals surface area contributed by atoms with E-state index < -0.39 is 23.6 Å². The van der Waals surface area contributed by atoms with Gasteiger partial charge < -0.3 is 10.6 Å². The van der Waals surface area contributed by atoms with E-state index in [-0.39, 0.29) is 5.78 Å². The third-order valence-electron chi connectivity index (χ3n) is 5.03. The number of allylic oxidation sites excluding steroid dienone is 1. The van der Waals surface area contributed by atoms with Crippen molar-refractivity contribution in [2.24, 2.45) is 10.9 Å². The van der Waals surface area contributed by atoms with Gasteiger partial charge in [0.2, 0.25) is 5.96 Å². The van der Waals surface area contributed by atoms with Crippen LogP contribution in [0.15, 0.2) is 59.2 Å². The second-order valence-corrected chi connectivity index (χ2v) is 8.03. The summed E-state index contributed by atoms with van der Waals surface area (Å²) in [6.45, 7) is 0. The molecule has 2 heterocycles. The van der Waals surface area contributed by atoms with Gasteiger partial charge in [0.05, 0.1) is 22.2 Å². The second kappa shape index (κ2) is 7.04. The van der Waals surface area contributed by atoms with Crippen molar-refractivity contribution in [3.8, 4) is 0 Å². The smallest absolute Gasteiger partial charge is 0.202 e. The Morgan fingerprint density at radius 2 is 1.93 bits per heavy atom. The topological polar surface area (TPSA) is 66.4 Å². The van der Waals surface area contributed by atoms with Crippen LogP contribution in [0.25, 0.3) is 10.2 Å². The standard InChI is InChI=1S/C21H16F2N4OS/c22-12-8-11(9-13(23)10-12)19-18-15(5-3-6-16(18)28)24-20(26-19)27-21-25-14-4-1-2-7-17(14)29-21/h1-2,4-5,7-10,18-19H,3,6H2,(H2,24,25,26,27). The number of Topliss-reactive ketones (excluding diaryl/α,β-unsaturated/α-hetero) is 1. The molecule has 0 saturated carbocycles. The van der Waals surface area contributed by atoms with Crippen LogP contribution in [0, 0.1) is 17.6 Å². The molecule has 3 aromatic rings. The van der Waals surface area contributed by atoms with E-state index in [1.807, 2.05) is 30.3 Å². The van der Waals surface area contributed by atoms with Crippen LogP contribution in [0.4, 0.5) is 13.9 Å². The number of anilines is 1. The van der Waals surface area contributed by atoms with Crippen LogP contribution in [-0.4, -0.2) is 16.7 Å². The average Bonchev–Trinajstić information content (AvgIpc) is 3.09. The van der Waals surface area contributed by atoms with Crippen molar-refractivity contribution in [1.82, 2.24) is 10.3 Å². The first-order chi connectivity index (χ1) is 14.1. The van der Waals surface area contributed by atoms with Crippen molar-refractivity contribution >= 4 is 38.4 Å². The Morgan fingerprint density at radius 1 is 1.14 bits per heavy atom. The molecule has 0 amide bonds. The van der Waals surface area contributed by atoms with Gasteiger partial charge in [0, 0.05) is 18.2 Å². The van der Waals surface area contributed by atoms with Gasteiger partial charge in [-0.25, -0.2) is 18.8 Å². The number of guanidine groups is 1. The number of para-hydroxylation sites is 1. The molecule has 29 heavy (non-hydrogen) atoms. The molecule has 2 aromatic carbocycles. The second-order valence-electron chi connectivity index (χ2n) is 7.00. The predicted molar refractivity (Wildman–Crippen MR) is 109 cm³/mol. The summed E-state index contributed by atoms with van der Waals surface area (Å²) in [5.41, 5.74) is 1.90. The summed E-state index contributed by atoms with van der Waals surface area (Å²) in [6, 6.07) is 10.3. The lowest BCUT2D eigenvalue weighted by atomic mass is 9.81.